The molecule has 1 heterocycles. The topological polar surface area (TPSA) is 57.6 Å². The Morgan fingerprint density at radius 3 is 2.03 bits per heavy atom. The van der Waals surface area contributed by atoms with Crippen LogP contribution in [0, 0.1) is 25.7 Å². The van der Waals surface area contributed by atoms with Gasteiger partial charge in [0.25, 0.3) is 0 Å². The fourth-order valence-corrected chi connectivity index (χ4v) is 6.03. The maximum atomic E-state index is 13.7. The van der Waals surface area contributed by atoms with E-state index in [1.807, 2.05) is 80.6 Å². The molecule has 0 aromatic heterocycles. The Morgan fingerprint density at radius 2 is 1.43 bits per heavy atom. The van der Waals surface area contributed by atoms with Crippen molar-refractivity contribution >= 4 is 17.5 Å². The molecule has 1 saturated heterocycles. The van der Waals surface area contributed by atoms with Gasteiger partial charge in [0.2, 0.25) is 11.8 Å². The first-order chi connectivity index (χ1) is 14.4. The lowest BCUT2D eigenvalue weighted by molar-refractivity contribution is -0.133. The van der Waals surface area contributed by atoms with Crippen LogP contribution in [0.15, 0.2) is 66.7 Å². The normalized spacial score (nSPS) is 28.4. The Morgan fingerprint density at radius 1 is 0.833 bits per heavy atom. The monoisotopic (exact) mass is 395 g/mol. The number of amides is 2. The third kappa shape index (κ3) is 1.90. The summed E-state index contributed by atoms with van der Waals surface area (Å²) >= 11 is 0. The molecule has 0 saturated carbocycles. The van der Waals surface area contributed by atoms with E-state index in [2.05, 4.69) is 0 Å². The van der Waals surface area contributed by atoms with E-state index in [0.717, 1.165) is 33.4 Å². The minimum Gasteiger partial charge on any atom is -0.379 e. The first-order valence-corrected chi connectivity index (χ1v) is 10.3. The van der Waals surface area contributed by atoms with Crippen LogP contribution in [-0.4, -0.2) is 16.9 Å². The first-order valence-electron chi connectivity index (χ1n) is 10.3. The minimum absolute atomic E-state index is 0.218. The van der Waals surface area contributed by atoms with E-state index in [9.17, 15) is 14.7 Å². The second kappa shape index (κ2) is 5.67. The van der Waals surface area contributed by atoms with Crippen molar-refractivity contribution in [2.75, 3.05) is 4.90 Å². The Labute approximate surface area is 174 Å². The number of anilines is 1. The summed E-state index contributed by atoms with van der Waals surface area (Å²) in [4.78, 5) is 28.8. The minimum atomic E-state index is -1.51. The van der Waals surface area contributed by atoms with Gasteiger partial charge in [0.15, 0.2) is 0 Å². The Kier molecular flexibility index (Phi) is 3.33. The lowest BCUT2D eigenvalue weighted by Gasteiger charge is -2.51. The molecule has 3 aromatic carbocycles. The van der Waals surface area contributed by atoms with E-state index in [4.69, 9.17) is 0 Å². The van der Waals surface area contributed by atoms with Gasteiger partial charge in [0.05, 0.1) is 17.5 Å². The molecule has 2 amide bonds. The molecule has 3 aliphatic carbocycles. The highest BCUT2D eigenvalue weighted by atomic mass is 16.3. The number of rotatable bonds is 1. The highest BCUT2D eigenvalue weighted by Gasteiger charge is 2.68. The van der Waals surface area contributed by atoms with Gasteiger partial charge in [-0.1, -0.05) is 66.2 Å². The average molecular weight is 395 g/mol. The van der Waals surface area contributed by atoms with Crippen molar-refractivity contribution in [3.05, 3.63) is 100 Å². The van der Waals surface area contributed by atoms with Crippen LogP contribution in [0.2, 0.25) is 0 Å². The van der Waals surface area contributed by atoms with Gasteiger partial charge in [-0.25, -0.2) is 4.90 Å². The fourth-order valence-electron chi connectivity index (χ4n) is 6.03. The predicted molar refractivity (Wildman–Crippen MR) is 113 cm³/mol. The van der Waals surface area contributed by atoms with E-state index in [0.29, 0.717) is 5.69 Å². The molecule has 4 nitrogen and oxygen atoms in total. The molecule has 2 bridgehead atoms. The Hall–Kier alpha value is -3.24. The maximum absolute atomic E-state index is 13.7. The number of carbonyl (C=O) groups is 2. The summed E-state index contributed by atoms with van der Waals surface area (Å²) in [5.41, 5.74) is 4.45. The van der Waals surface area contributed by atoms with Gasteiger partial charge in [-0.05, 0) is 47.7 Å². The van der Waals surface area contributed by atoms with E-state index >= 15 is 0 Å². The zero-order chi connectivity index (χ0) is 20.8. The number of imide groups is 1. The lowest BCUT2D eigenvalue weighted by Crippen LogP contribution is -2.53. The summed E-state index contributed by atoms with van der Waals surface area (Å²) in [5, 5.41) is 12.2. The quantitative estimate of drug-likeness (QED) is 0.638. The molecule has 2 atom stereocenters. The number of aryl methyl sites for hydroxylation is 2. The average Bonchev–Trinajstić information content (AvgIpc) is 3.01. The smallest absolute Gasteiger partial charge is 0.241 e. The van der Waals surface area contributed by atoms with Gasteiger partial charge in [0.1, 0.15) is 5.60 Å². The van der Waals surface area contributed by atoms with Crippen molar-refractivity contribution in [2.45, 2.75) is 25.4 Å². The summed E-state index contributed by atoms with van der Waals surface area (Å²) in [7, 11) is 0. The second-order valence-electron chi connectivity index (χ2n) is 8.72. The summed E-state index contributed by atoms with van der Waals surface area (Å²) in [6, 6.07) is 21.1. The van der Waals surface area contributed by atoms with Gasteiger partial charge >= 0.3 is 0 Å². The van der Waals surface area contributed by atoms with Crippen LogP contribution in [0.3, 0.4) is 0 Å². The Balaban J connectivity index is 1.62. The molecule has 4 heteroatoms. The molecule has 148 valence electrons. The third-order valence-corrected chi connectivity index (χ3v) is 7.17. The molecule has 1 aliphatic heterocycles. The summed E-state index contributed by atoms with van der Waals surface area (Å²) in [6.07, 6.45) is 0. The molecular weight excluding hydrogens is 374 g/mol. The summed E-state index contributed by atoms with van der Waals surface area (Å²) < 4.78 is 0. The van der Waals surface area contributed by atoms with Crippen molar-refractivity contribution in [1.29, 1.82) is 0 Å². The van der Waals surface area contributed by atoms with Crippen molar-refractivity contribution in [3.63, 3.8) is 0 Å². The molecule has 1 N–H and O–H groups in total. The van der Waals surface area contributed by atoms with Crippen LogP contribution in [0.4, 0.5) is 5.69 Å². The van der Waals surface area contributed by atoms with Gasteiger partial charge in [0, 0.05) is 5.92 Å². The van der Waals surface area contributed by atoms with E-state index in [-0.39, 0.29) is 17.7 Å². The van der Waals surface area contributed by atoms with Crippen molar-refractivity contribution < 1.29 is 14.7 Å². The van der Waals surface area contributed by atoms with Crippen LogP contribution in [-0.2, 0) is 15.2 Å². The summed E-state index contributed by atoms with van der Waals surface area (Å²) in [5.74, 6) is -2.19. The zero-order valence-electron chi connectivity index (χ0n) is 16.8. The van der Waals surface area contributed by atoms with Crippen LogP contribution in [0.5, 0.6) is 0 Å². The highest BCUT2D eigenvalue weighted by Crippen LogP contribution is 2.63. The number of aliphatic hydroxyl groups is 1. The van der Waals surface area contributed by atoms with Crippen LogP contribution >= 0.6 is 0 Å². The number of nitrogens with zero attached hydrogens (tertiary/aromatic N) is 1. The largest absolute Gasteiger partial charge is 0.379 e. The number of hydrogen-bond donors (Lipinski definition) is 1. The lowest BCUT2D eigenvalue weighted by atomic mass is 9.52. The third-order valence-electron chi connectivity index (χ3n) is 7.17. The molecule has 3 aromatic rings. The van der Waals surface area contributed by atoms with Gasteiger partial charge in [-0.15, -0.1) is 0 Å². The van der Waals surface area contributed by atoms with E-state index in [1.165, 1.54) is 4.90 Å². The van der Waals surface area contributed by atoms with E-state index < -0.39 is 17.4 Å². The fraction of sp³-hybridized carbons (Fsp3) is 0.231. The number of carbonyl (C=O) groups excluding carboxylic acids is 2. The zero-order valence-corrected chi connectivity index (χ0v) is 16.8. The Bertz CT molecular complexity index is 1210. The van der Waals surface area contributed by atoms with Gasteiger partial charge in [-0.3, -0.25) is 9.59 Å². The van der Waals surface area contributed by atoms with Crippen molar-refractivity contribution in [3.8, 4) is 0 Å². The van der Waals surface area contributed by atoms with Gasteiger partial charge in [-0.2, -0.15) is 0 Å². The number of benzene rings is 3. The molecule has 0 radical (unpaired) electrons. The highest BCUT2D eigenvalue weighted by molar-refractivity contribution is 6.24. The second-order valence-corrected chi connectivity index (χ2v) is 8.72. The summed E-state index contributed by atoms with van der Waals surface area (Å²) in [6.45, 7) is 3.90. The molecule has 4 aliphatic rings. The molecule has 7 rings (SSSR count). The van der Waals surface area contributed by atoms with Crippen molar-refractivity contribution in [2.24, 2.45) is 11.8 Å². The maximum Gasteiger partial charge on any atom is 0.241 e. The molecule has 0 spiro atoms. The van der Waals surface area contributed by atoms with Crippen LogP contribution < -0.4 is 4.90 Å². The molecule has 30 heavy (non-hydrogen) atoms. The van der Waals surface area contributed by atoms with E-state index in [1.54, 1.807) is 0 Å². The SMILES string of the molecule is Cc1ccc(N2C(=O)[C@@H]3C4c5ccccc5C(O)(c5ccccc54)[C@@H]3C2=O)c(C)c1. The molecular formula is C26H21NO3. The van der Waals surface area contributed by atoms with Crippen LogP contribution in [0.25, 0.3) is 0 Å². The van der Waals surface area contributed by atoms with Gasteiger partial charge < -0.3 is 5.11 Å². The standard InChI is InChI=1S/C26H21NO3/c1-14-11-12-20(15(2)13-14)27-24(28)22-21-16-7-3-5-9-18(16)26(30,23(22)25(27)29)19-10-6-4-8-17(19)21/h3-13,21-23,30H,1-2H3/t21?,22-,23+,26?/m1/s1. The van der Waals surface area contributed by atoms with Crippen LogP contribution in [0.1, 0.15) is 39.3 Å². The first kappa shape index (κ1) is 17.6. The predicted octanol–water partition coefficient (Wildman–Crippen LogP) is 3.80. The molecule has 1 fully saturated rings. The molecule has 0 unspecified atom stereocenters. The number of hydrogen-bond acceptors (Lipinski definition) is 3. The van der Waals surface area contributed by atoms with Crippen molar-refractivity contribution in [1.82, 2.24) is 0 Å².